The fourth-order valence-electron chi connectivity index (χ4n) is 2.95. The Morgan fingerprint density at radius 1 is 1.24 bits per heavy atom. The predicted octanol–water partition coefficient (Wildman–Crippen LogP) is 1.77. The van der Waals surface area contributed by atoms with Crippen LogP contribution in [0.1, 0.15) is 34.9 Å². The van der Waals surface area contributed by atoms with Gasteiger partial charge in [-0.3, -0.25) is 4.68 Å². The Balaban J connectivity index is 1.66. The van der Waals surface area contributed by atoms with E-state index in [1.807, 2.05) is 19.3 Å². The smallest absolute Gasteiger partial charge is 0.0793 e. The van der Waals surface area contributed by atoms with Crippen LogP contribution in [-0.4, -0.2) is 28.0 Å². The number of hydrogen-bond donors (Lipinski definition) is 2. The summed E-state index contributed by atoms with van der Waals surface area (Å²) in [5.74, 6) is 0. The Bertz CT molecular complexity index is 606. The number of fused-ring (bicyclic) bond motifs is 1. The zero-order valence-corrected chi connectivity index (χ0v) is 12.5. The van der Waals surface area contributed by atoms with Gasteiger partial charge in [0.25, 0.3) is 0 Å². The van der Waals surface area contributed by atoms with Gasteiger partial charge >= 0.3 is 0 Å². The second-order valence-corrected chi connectivity index (χ2v) is 5.81. The van der Waals surface area contributed by atoms with Crippen LogP contribution in [0.4, 0.5) is 0 Å². The molecule has 0 fully saturated rings. The first-order valence-electron chi connectivity index (χ1n) is 7.71. The van der Waals surface area contributed by atoms with Gasteiger partial charge in [0.1, 0.15) is 0 Å². The van der Waals surface area contributed by atoms with Gasteiger partial charge in [-0.25, -0.2) is 0 Å². The molecule has 0 saturated carbocycles. The molecule has 1 unspecified atom stereocenters. The van der Waals surface area contributed by atoms with E-state index in [0.717, 1.165) is 43.6 Å². The fourth-order valence-corrected chi connectivity index (χ4v) is 2.95. The molecular weight excluding hydrogens is 262 g/mol. The van der Waals surface area contributed by atoms with Gasteiger partial charge < -0.3 is 10.4 Å². The first-order valence-corrected chi connectivity index (χ1v) is 7.71. The highest BCUT2D eigenvalue weighted by atomic mass is 16.3. The number of nitrogens with zero attached hydrogens (tertiary/aromatic N) is 2. The molecule has 2 N–H and O–H groups in total. The molecular formula is C17H23N3O. The van der Waals surface area contributed by atoms with Gasteiger partial charge in [0.2, 0.25) is 0 Å². The Morgan fingerprint density at radius 2 is 2.05 bits per heavy atom. The largest absolute Gasteiger partial charge is 0.388 e. The topological polar surface area (TPSA) is 50.1 Å². The number of aryl methyl sites for hydroxylation is 2. The Hall–Kier alpha value is -1.65. The van der Waals surface area contributed by atoms with Crippen molar-refractivity contribution >= 4 is 0 Å². The highest BCUT2D eigenvalue weighted by Gasteiger charge is 2.13. The predicted molar refractivity (Wildman–Crippen MR) is 83.2 cm³/mol. The number of rotatable bonds is 4. The van der Waals surface area contributed by atoms with E-state index in [0.29, 0.717) is 6.42 Å². The summed E-state index contributed by atoms with van der Waals surface area (Å²) in [6, 6.07) is 8.45. The molecule has 3 rings (SSSR count). The van der Waals surface area contributed by atoms with Crippen LogP contribution in [0.3, 0.4) is 0 Å². The third-order valence-corrected chi connectivity index (χ3v) is 4.20. The summed E-state index contributed by atoms with van der Waals surface area (Å²) in [5.41, 5.74) is 4.87. The standard InChI is InChI=1S/C17H23N3O/c1-20-11-8-16(19-20)4-5-17(21)15-3-2-13-6-9-18-10-7-14(13)12-15/h2-3,8,11-12,17-18,21H,4-7,9-10H2,1H3. The molecule has 0 radical (unpaired) electrons. The van der Waals surface area contributed by atoms with Crippen LogP contribution in [0.5, 0.6) is 0 Å². The van der Waals surface area contributed by atoms with Crippen molar-refractivity contribution in [2.45, 2.75) is 31.8 Å². The number of aliphatic hydroxyl groups excluding tert-OH is 1. The molecule has 112 valence electrons. The molecule has 2 aromatic rings. The molecule has 0 bridgehead atoms. The fraction of sp³-hybridized carbons (Fsp3) is 0.471. The third kappa shape index (κ3) is 3.52. The van der Waals surface area contributed by atoms with Gasteiger partial charge in [-0.15, -0.1) is 0 Å². The normalized spacial score (nSPS) is 16.3. The molecule has 0 amide bonds. The lowest BCUT2D eigenvalue weighted by Crippen LogP contribution is -2.16. The van der Waals surface area contributed by atoms with Crippen LogP contribution in [0.25, 0.3) is 0 Å². The minimum Gasteiger partial charge on any atom is -0.388 e. The van der Waals surface area contributed by atoms with Crippen LogP contribution in [-0.2, 0) is 26.3 Å². The van der Waals surface area contributed by atoms with Gasteiger partial charge in [-0.2, -0.15) is 5.10 Å². The number of aromatic nitrogens is 2. The van der Waals surface area contributed by atoms with Crippen LogP contribution in [0.2, 0.25) is 0 Å². The summed E-state index contributed by atoms with van der Waals surface area (Å²) in [4.78, 5) is 0. The summed E-state index contributed by atoms with van der Waals surface area (Å²) in [6.45, 7) is 2.08. The molecule has 1 aliphatic heterocycles. The Morgan fingerprint density at radius 3 is 2.81 bits per heavy atom. The second kappa shape index (κ2) is 6.41. The number of aliphatic hydroxyl groups is 1. The maximum atomic E-state index is 10.4. The van der Waals surface area contributed by atoms with Crippen LogP contribution in [0, 0.1) is 0 Å². The lowest BCUT2D eigenvalue weighted by atomic mass is 9.96. The van der Waals surface area contributed by atoms with Crippen molar-refractivity contribution in [1.29, 1.82) is 0 Å². The summed E-state index contributed by atoms with van der Waals surface area (Å²) in [5, 5.41) is 18.2. The van der Waals surface area contributed by atoms with Gasteiger partial charge in [0.05, 0.1) is 11.8 Å². The zero-order chi connectivity index (χ0) is 14.7. The second-order valence-electron chi connectivity index (χ2n) is 5.81. The molecule has 0 spiro atoms. The minimum absolute atomic E-state index is 0.409. The van der Waals surface area contributed by atoms with E-state index in [1.165, 1.54) is 11.1 Å². The molecule has 4 heteroatoms. The van der Waals surface area contributed by atoms with Crippen molar-refractivity contribution in [1.82, 2.24) is 15.1 Å². The Labute approximate surface area is 125 Å². The number of nitrogens with one attached hydrogen (secondary N) is 1. The average Bonchev–Trinajstić information content (AvgIpc) is 2.77. The van der Waals surface area contributed by atoms with Gasteiger partial charge in [-0.1, -0.05) is 18.2 Å². The summed E-state index contributed by atoms with van der Waals surface area (Å²) in [6.07, 6.45) is 5.19. The highest BCUT2D eigenvalue weighted by Crippen LogP contribution is 2.23. The van der Waals surface area contributed by atoms with E-state index in [-0.39, 0.29) is 0 Å². The van der Waals surface area contributed by atoms with E-state index >= 15 is 0 Å². The maximum absolute atomic E-state index is 10.4. The van der Waals surface area contributed by atoms with Gasteiger partial charge in [0.15, 0.2) is 0 Å². The number of hydrogen-bond acceptors (Lipinski definition) is 3. The van der Waals surface area contributed by atoms with Crippen LogP contribution < -0.4 is 5.32 Å². The van der Waals surface area contributed by atoms with Crippen molar-refractivity contribution in [3.8, 4) is 0 Å². The van der Waals surface area contributed by atoms with Crippen molar-refractivity contribution < 1.29 is 5.11 Å². The molecule has 2 heterocycles. The van der Waals surface area contributed by atoms with Crippen molar-refractivity contribution in [2.24, 2.45) is 7.05 Å². The first-order chi connectivity index (χ1) is 10.2. The van der Waals surface area contributed by atoms with Crippen molar-refractivity contribution in [2.75, 3.05) is 13.1 Å². The summed E-state index contributed by atoms with van der Waals surface area (Å²) in [7, 11) is 1.92. The monoisotopic (exact) mass is 285 g/mol. The zero-order valence-electron chi connectivity index (χ0n) is 12.5. The van der Waals surface area contributed by atoms with E-state index in [4.69, 9.17) is 0 Å². The number of benzene rings is 1. The van der Waals surface area contributed by atoms with E-state index in [2.05, 4.69) is 28.6 Å². The molecule has 1 aliphatic rings. The third-order valence-electron chi connectivity index (χ3n) is 4.20. The quantitative estimate of drug-likeness (QED) is 0.900. The van der Waals surface area contributed by atoms with E-state index < -0.39 is 6.10 Å². The Kier molecular flexibility index (Phi) is 4.36. The summed E-state index contributed by atoms with van der Waals surface area (Å²) >= 11 is 0. The van der Waals surface area contributed by atoms with Crippen LogP contribution >= 0.6 is 0 Å². The molecule has 0 saturated heterocycles. The van der Waals surface area contributed by atoms with Gasteiger partial charge in [0, 0.05) is 13.2 Å². The SMILES string of the molecule is Cn1ccc(CCC(O)c2ccc3c(c2)CCNCC3)n1. The van der Waals surface area contributed by atoms with Gasteiger partial charge in [-0.05, 0) is 61.5 Å². The van der Waals surface area contributed by atoms with Crippen molar-refractivity contribution in [3.63, 3.8) is 0 Å². The lowest BCUT2D eigenvalue weighted by molar-refractivity contribution is 0.167. The molecule has 0 aliphatic carbocycles. The maximum Gasteiger partial charge on any atom is 0.0793 e. The average molecular weight is 285 g/mol. The molecule has 1 aromatic heterocycles. The minimum atomic E-state index is -0.409. The molecule has 4 nitrogen and oxygen atoms in total. The van der Waals surface area contributed by atoms with Crippen molar-refractivity contribution in [3.05, 3.63) is 52.8 Å². The van der Waals surface area contributed by atoms with E-state index in [1.54, 1.807) is 4.68 Å². The van der Waals surface area contributed by atoms with E-state index in [9.17, 15) is 5.11 Å². The summed E-state index contributed by atoms with van der Waals surface area (Å²) < 4.78 is 1.80. The molecule has 21 heavy (non-hydrogen) atoms. The molecule has 1 aromatic carbocycles. The first kappa shape index (κ1) is 14.3. The molecule has 1 atom stereocenters. The lowest BCUT2D eigenvalue weighted by Gasteiger charge is -2.13. The highest BCUT2D eigenvalue weighted by molar-refractivity contribution is 5.34. The van der Waals surface area contributed by atoms with Crippen LogP contribution in [0.15, 0.2) is 30.5 Å².